The van der Waals surface area contributed by atoms with Gasteiger partial charge in [-0.05, 0) is 20.8 Å². The van der Waals surface area contributed by atoms with Crippen molar-refractivity contribution in [3.05, 3.63) is 24.3 Å². The molecule has 0 radical (unpaired) electrons. The van der Waals surface area contributed by atoms with Gasteiger partial charge in [0.1, 0.15) is 5.60 Å². The van der Waals surface area contributed by atoms with Crippen LogP contribution in [0.5, 0.6) is 0 Å². The van der Waals surface area contributed by atoms with E-state index in [1.165, 1.54) is 4.90 Å². The Morgan fingerprint density at radius 1 is 1.44 bits per heavy atom. The Kier molecular flexibility index (Phi) is 3.82. The van der Waals surface area contributed by atoms with Crippen LogP contribution >= 0.6 is 0 Å². The van der Waals surface area contributed by atoms with Crippen LogP contribution in [-0.4, -0.2) is 33.6 Å². The van der Waals surface area contributed by atoms with Gasteiger partial charge >= 0.3 is 6.09 Å². The second-order valence-corrected chi connectivity index (χ2v) is 4.53. The molecule has 0 atom stereocenters. The van der Waals surface area contributed by atoms with E-state index in [2.05, 4.69) is 9.97 Å². The van der Waals surface area contributed by atoms with Crippen molar-refractivity contribution in [2.45, 2.75) is 32.9 Å². The molecule has 0 fully saturated rings. The third kappa shape index (κ3) is 4.25. The second kappa shape index (κ2) is 4.92. The molecule has 0 aliphatic heterocycles. The standard InChI is InChI=1S/C11H17N3O2/c1-11(2,3)16-10(15)14(4)8-9-7-12-5-6-13-9/h5-7H,8H2,1-4H3. The van der Waals surface area contributed by atoms with Gasteiger partial charge in [-0.3, -0.25) is 9.97 Å². The fourth-order valence-corrected chi connectivity index (χ4v) is 1.06. The Balaban J connectivity index is 2.53. The van der Waals surface area contributed by atoms with Gasteiger partial charge in [0.05, 0.1) is 18.4 Å². The monoisotopic (exact) mass is 223 g/mol. The molecule has 16 heavy (non-hydrogen) atoms. The van der Waals surface area contributed by atoms with E-state index in [-0.39, 0.29) is 6.09 Å². The van der Waals surface area contributed by atoms with E-state index in [1.54, 1.807) is 25.6 Å². The summed E-state index contributed by atoms with van der Waals surface area (Å²) >= 11 is 0. The Morgan fingerprint density at radius 2 is 2.12 bits per heavy atom. The van der Waals surface area contributed by atoms with Crippen LogP contribution in [-0.2, 0) is 11.3 Å². The number of carbonyl (C=O) groups excluding carboxylic acids is 1. The van der Waals surface area contributed by atoms with E-state index < -0.39 is 5.60 Å². The van der Waals surface area contributed by atoms with Gasteiger partial charge in [-0.1, -0.05) is 0 Å². The largest absolute Gasteiger partial charge is 0.444 e. The van der Waals surface area contributed by atoms with Crippen molar-refractivity contribution < 1.29 is 9.53 Å². The molecule has 5 heteroatoms. The van der Waals surface area contributed by atoms with Crippen molar-refractivity contribution in [2.24, 2.45) is 0 Å². The number of aromatic nitrogens is 2. The highest BCUT2D eigenvalue weighted by atomic mass is 16.6. The maximum atomic E-state index is 11.6. The Hall–Kier alpha value is -1.65. The third-order valence-electron chi connectivity index (χ3n) is 1.72. The molecule has 0 aliphatic carbocycles. The summed E-state index contributed by atoms with van der Waals surface area (Å²) in [6, 6.07) is 0. The highest BCUT2D eigenvalue weighted by molar-refractivity contribution is 5.67. The van der Waals surface area contributed by atoms with E-state index in [9.17, 15) is 4.79 Å². The number of carbonyl (C=O) groups is 1. The molecule has 0 bridgehead atoms. The predicted molar refractivity (Wildman–Crippen MR) is 59.7 cm³/mol. The quantitative estimate of drug-likeness (QED) is 0.767. The topological polar surface area (TPSA) is 55.3 Å². The molecule has 0 N–H and O–H groups in total. The molecule has 0 unspecified atom stereocenters. The zero-order chi connectivity index (χ0) is 12.2. The lowest BCUT2D eigenvalue weighted by Gasteiger charge is -2.24. The fourth-order valence-electron chi connectivity index (χ4n) is 1.06. The van der Waals surface area contributed by atoms with Crippen LogP contribution in [0.3, 0.4) is 0 Å². The highest BCUT2D eigenvalue weighted by Gasteiger charge is 2.19. The smallest absolute Gasteiger partial charge is 0.410 e. The SMILES string of the molecule is CN(Cc1cnccn1)C(=O)OC(C)(C)C. The lowest BCUT2D eigenvalue weighted by Crippen LogP contribution is -2.34. The van der Waals surface area contributed by atoms with Gasteiger partial charge in [-0.25, -0.2) is 4.79 Å². The molecular formula is C11H17N3O2. The first-order chi connectivity index (χ1) is 7.38. The van der Waals surface area contributed by atoms with Crippen molar-refractivity contribution in [1.29, 1.82) is 0 Å². The van der Waals surface area contributed by atoms with Crippen molar-refractivity contribution in [3.63, 3.8) is 0 Å². The van der Waals surface area contributed by atoms with Crippen LogP contribution in [0.1, 0.15) is 26.5 Å². The van der Waals surface area contributed by atoms with Crippen LogP contribution in [0.2, 0.25) is 0 Å². The molecule has 1 aromatic heterocycles. The normalized spacial score (nSPS) is 11.0. The van der Waals surface area contributed by atoms with Crippen molar-refractivity contribution in [1.82, 2.24) is 14.9 Å². The first kappa shape index (κ1) is 12.4. The fraction of sp³-hybridized carbons (Fsp3) is 0.545. The molecule has 88 valence electrons. The minimum atomic E-state index is -0.478. The highest BCUT2D eigenvalue weighted by Crippen LogP contribution is 2.10. The van der Waals surface area contributed by atoms with Gasteiger partial charge in [0.15, 0.2) is 0 Å². The number of ether oxygens (including phenoxy) is 1. The van der Waals surface area contributed by atoms with Gasteiger partial charge in [-0.2, -0.15) is 0 Å². The molecule has 5 nitrogen and oxygen atoms in total. The molecule has 0 saturated heterocycles. The minimum absolute atomic E-state index is 0.363. The number of hydrogen-bond acceptors (Lipinski definition) is 4. The molecular weight excluding hydrogens is 206 g/mol. The first-order valence-electron chi connectivity index (χ1n) is 5.07. The summed E-state index contributed by atoms with van der Waals surface area (Å²) in [5, 5.41) is 0. The van der Waals surface area contributed by atoms with Crippen LogP contribution < -0.4 is 0 Å². The van der Waals surface area contributed by atoms with E-state index in [0.717, 1.165) is 5.69 Å². The zero-order valence-corrected chi connectivity index (χ0v) is 10.1. The zero-order valence-electron chi connectivity index (χ0n) is 10.1. The number of nitrogens with zero attached hydrogens (tertiary/aromatic N) is 3. The van der Waals surface area contributed by atoms with Gasteiger partial charge < -0.3 is 9.64 Å². The summed E-state index contributed by atoms with van der Waals surface area (Å²) in [5.41, 5.74) is 0.254. The molecule has 1 aromatic rings. The average Bonchev–Trinajstić information content (AvgIpc) is 2.16. The van der Waals surface area contributed by atoms with Gasteiger partial charge in [0, 0.05) is 19.4 Å². The second-order valence-electron chi connectivity index (χ2n) is 4.53. The summed E-state index contributed by atoms with van der Waals surface area (Å²) < 4.78 is 5.21. The third-order valence-corrected chi connectivity index (χ3v) is 1.72. The van der Waals surface area contributed by atoms with Crippen molar-refractivity contribution in [3.8, 4) is 0 Å². The van der Waals surface area contributed by atoms with Crippen molar-refractivity contribution in [2.75, 3.05) is 7.05 Å². The molecule has 1 rings (SSSR count). The maximum absolute atomic E-state index is 11.6. The lowest BCUT2D eigenvalue weighted by atomic mass is 10.2. The molecule has 0 saturated carbocycles. The molecule has 0 aliphatic rings. The van der Waals surface area contributed by atoms with Crippen LogP contribution in [0.15, 0.2) is 18.6 Å². The average molecular weight is 223 g/mol. The first-order valence-corrected chi connectivity index (χ1v) is 5.07. The Labute approximate surface area is 95.5 Å². The summed E-state index contributed by atoms with van der Waals surface area (Å²) in [5.74, 6) is 0. The number of rotatable bonds is 2. The Morgan fingerprint density at radius 3 is 2.62 bits per heavy atom. The molecule has 0 spiro atoms. The lowest BCUT2D eigenvalue weighted by molar-refractivity contribution is 0.0283. The predicted octanol–water partition coefficient (Wildman–Crippen LogP) is 1.84. The summed E-state index contributed by atoms with van der Waals surface area (Å²) in [6.07, 6.45) is 4.45. The van der Waals surface area contributed by atoms with Gasteiger partial charge in [0.2, 0.25) is 0 Å². The van der Waals surface area contributed by atoms with Crippen LogP contribution in [0, 0.1) is 0 Å². The van der Waals surface area contributed by atoms with Crippen molar-refractivity contribution >= 4 is 6.09 Å². The van der Waals surface area contributed by atoms with Gasteiger partial charge in [0.25, 0.3) is 0 Å². The maximum Gasteiger partial charge on any atom is 0.410 e. The van der Waals surface area contributed by atoms with E-state index in [4.69, 9.17) is 4.74 Å². The van der Waals surface area contributed by atoms with E-state index in [0.29, 0.717) is 6.54 Å². The molecule has 1 amide bonds. The van der Waals surface area contributed by atoms with Gasteiger partial charge in [-0.15, -0.1) is 0 Å². The molecule has 1 heterocycles. The Bertz CT molecular complexity index is 346. The number of hydrogen-bond donors (Lipinski definition) is 0. The number of amides is 1. The van der Waals surface area contributed by atoms with E-state index in [1.807, 2.05) is 20.8 Å². The summed E-state index contributed by atoms with van der Waals surface area (Å²) in [7, 11) is 1.67. The summed E-state index contributed by atoms with van der Waals surface area (Å²) in [6.45, 7) is 5.89. The molecule has 0 aromatic carbocycles. The van der Waals surface area contributed by atoms with Crippen LogP contribution in [0.4, 0.5) is 4.79 Å². The minimum Gasteiger partial charge on any atom is -0.444 e. The van der Waals surface area contributed by atoms with E-state index >= 15 is 0 Å². The summed E-state index contributed by atoms with van der Waals surface area (Å²) in [4.78, 5) is 21.1. The van der Waals surface area contributed by atoms with Crippen LogP contribution in [0.25, 0.3) is 0 Å².